The van der Waals surface area contributed by atoms with Crippen LogP contribution in [-0.2, 0) is 0 Å². The van der Waals surface area contributed by atoms with Crippen molar-refractivity contribution in [3.63, 3.8) is 0 Å². The second-order valence-corrected chi connectivity index (χ2v) is 5.96. The van der Waals surface area contributed by atoms with Crippen LogP contribution in [0.5, 0.6) is 5.75 Å². The van der Waals surface area contributed by atoms with Gasteiger partial charge >= 0.3 is 0 Å². The average Bonchev–Trinajstić information content (AvgIpc) is 3.08. The van der Waals surface area contributed by atoms with Gasteiger partial charge < -0.3 is 10.1 Å². The number of hydrogen-bond acceptors (Lipinski definition) is 2. The predicted octanol–water partition coefficient (Wildman–Crippen LogP) is 4.70. The maximum Gasteiger partial charge on any atom is 0.139 e. The molecule has 106 valence electrons. The van der Waals surface area contributed by atoms with Gasteiger partial charge in [-0.3, -0.25) is 0 Å². The van der Waals surface area contributed by atoms with Crippen LogP contribution >= 0.6 is 23.2 Å². The fourth-order valence-electron chi connectivity index (χ4n) is 2.58. The predicted molar refractivity (Wildman–Crippen MR) is 81.3 cm³/mol. The Balaban J connectivity index is 2.29. The van der Waals surface area contributed by atoms with Crippen LogP contribution in [-0.4, -0.2) is 13.2 Å². The van der Waals surface area contributed by atoms with Crippen LogP contribution in [0.1, 0.15) is 38.8 Å². The monoisotopic (exact) mass is 301 g/mol. The van der Waals surface area contributed by atoms with Crippen molar-refractivity contribution in [3.8, 4) is 5.75 Å². The highest BCUT2D eigenvalue weighted by Gasteiger charge is 2.40. The maximum atomic E-state index is 6.41. The topological polar surface area (TPSA) is 21.3 Å². The van der Waals surface area contributed by atoms with Crippen molar-refractivity contribution < 1.29 is 4.74 Å². The third-order valence-electron chi connectivity index (χ3n) is 3.71. The first-order valence-electron chi connectivity index (χ1n) is 6.93. The lowest BCUT2D eigenvalue weighted by Crippen LogP contribution is -2.23. The van der Waals surface area contributed by atoms with Crippen molar-refractivity contribution in [2.45, 2.75) is 33.2 Å². The molecule has 0 amide bonds. The minimum Gasteiger partial charge on any atom is -0.492 e. The van der Waals surface area contributed by atoms with E-state index in [4.69, 9.17) is 27.9 Å². The second kappa shape index (κ2) is 6.34. The Labute approximate surface area is 125 Å². The molecule has 0 spiro atoms. The third kappa shape index (κ3) is 3.36. The van der Waals surface area contributed by atoms with Gasteiger partial charge in [0.15, 0.2) is 0 Å². The minimum atomic E-state index is 0.292. The Hall–Kier alpha value is -0.440. The molecule has 2 rings (SSSR count). The van der Waals surface area contributed by atoms with Crippen molar-refractivity contribution in [2.75, 3.05) is 13.2 Å². The summed E-state index contributed by atoms with van der Waals surface area (Å²) < 4.78 is 5.47. The molecule has 0 heterocycles. The molecule has 0 saturated heterocycles. The van der Waals surface area contributed by atoms with Gasteiger partial charge in [-0.15, -0.1) is 0 Å². The molecule has 0 aliphatic heterocycles. The van der Waals surface area contributed by atoms with E-state index in [1.54, 1.807) is 0 Å². The van der Waals surface area contributed by atoms with Crippen LogP contribution in [0.2, 0.25) is 10.0 Å². The number of rotatable bonds is 6. The van der Waals surface area contributed by atoms with Crippen LogP contribution < -0.4 is 10.1 Å². The van der Waals surface area contributed by atoms with E-state index in [0.717, 1.165) is 23.0 Å². The summed E-state index contributed by atoms with van der Waals surface area (Å²) in [4.78, 5) is 0. The van der Waals surface area contributed by atoms with Gasteiger partial charge in [0.2, 0.25) is 0 Å². The smallest absolute Gasteiger partial charge is 0.139 e. The van der Waals surface area contributed by atoms with Gasteiger partial charge in [-0.1, -0.05) is 37.0 Å². The summed E-state index contributed by atoms with van der Waals surface area (Å²) in [7, 11) is 0. The van der Waals surface area contributed by atoms with Crippen molar-refractivity contribution in [1.29, 1.82) is 0 Å². The molecule has 1 saturated carbocycles. The summed E-state index contributed by atoms with van der Waals surface area (Å²) in [5, 5.41) is 4.90. The molecule has 1 fully saturated rings. The molecule has 0 radical (unpaired) electrons. The molecule has 19 heavy (non-hydrogen) atoms. The standard InChI is InChI=1S/C15H21Cl2NO/c1-4-18-15(10-6-9(10)3)11-7-13(17)14(19-5-2)8-12(11)16/h7-10,15,18H,4-6H2,1-3H3. The molecule has 0 aromatic heterocycles. The molecule has 1 aromatic rings. The molecule has 3 unspecified atom stereocenters. The minimum absolute atomic E-state index is 0.292. The van der Waals surface area contributed by atoms with Crippen LogP contribution in [0.4, 0.5) is 0 Å². The van der Waals surface area contributed by atoms with Crippen LogP contribution in [0.25, 0.3) is 0 Å². The number of halogens is 2. The first-order chi connectivity index (χ1) is 9.08. The molecule has 1 aliphatic carbocycles. The van der Waals surface area contributed by atoms with Gasteiger partial charge in [0, 0.05) is 17.1 Å². The van der Waals surface area contributed by atoms with E-state index in [9.17, 15) is 0 Å². The van der Waals surface area contributed by atoms with Crippen LogP contribution in [0.3, 0.4) is 0 Å². The Bertz CT molecular complexity index is 450. The molecule has 0 bridgehead atoms. The molecule has 1 aliphatic rings. The SMILES string of the molecule is CCNC(c1cc(Cl)c(OCC)cc1Cl)C1CC1C. The largest absolute Gasteiger partial charge is 0.492 e. The van der Waals surface area contributed by atoms with Crippen LogP contribution in [0, 0.1) is 11.8 Å². The van der Waals surface area contributed by atoms with E-state index in [2.05, 4.69) is 19.2 Å². The summed E-state index contributed by atoms with van der Waals surface area (Å²) in [6, 6.07) is 4.08. The zero-order chi connectivity index (χ0) is 14.0. The van der Waals surface area contributed by atoms with Crippen molar-refractivity contribution in [3.05, 3.63) is 27.7 Å². The van der Waals surface area contributed by atoms with E-state index in [-0.39, 0.29) is 0 Å². The fraction of sp³-hybridized carbons (Fsp3) is 0.600. The number of benzene rings is 1. The lowest BCUT2D eigenvalue weighted by molar-refractivity contribution is 0.340. The van der Waals surface area contributed by atoms with E-state index in [0.29, 0.717) is 29.3 Å². The van der Waals surface area contributed by atoms with E-state index in [1.807, 2.05) is 19.1 Å². The molecular formula is C15H21Cl2NO. The Kier molecular flexibility index (Phi) is 4.99. The maximum absolute atomic E-state index is 6.41. The Morgan fingerprint density at radius 3 is 2.53 bits per heavy atom. The summed E-state index contributed by atoms with van der Waals surface area (Å²) >= 11 is 12.7. The zero-order valence-corrected chi connectivity index (χ0v) is 13.2. The van der Waals surface area contributed by atoms with Gasteiger partial charge in [0.25, 0.3) is 0 Å². The highest BCUT2D eigenvalue weighted by Crippen LogP contribution is 2.49. The summed E-state index contributed by atoms with van der Waals surface area (Å²) in [5.41, 5.74) is 1.09. The summed E-state index contributed by atoms with van der Waals surface area (Å²) in [5.74, 6) is 2.08. The van der Waals surface area contributed by atoms with Crippen molar-refractivity contribution in [2.24, 2.45) is 11.8 Å². The highest BCUT2D eigenvalue weighted by atomic mass is 35.5. The fourth-order valence-corrected chi connectivity index (χ4v) is 3.07. The summed E-state index contributed by atoms with van der Waals surface area (Å²) in [6.07, 6.45) is 1.25. The lowest BCUT2D eigenvalue weighted by Gasteiger charge is -2.21. The molecule has 1 aromatic carbocycles. The van der Waals surface area contributed by atoms with Gasteiger partial charge in [-0.2, -0.15) is 0 Å². The third-order valence-corrected chi connectivity index (χ3v) is 4.33. The molecule has 2 nitrogen and oxygen atoms in total. The molecule has 1 N–H and O–H groups in total. The number of hydrogen-bond donors (Lipinski definition) is 1. The quantitative estimate of drug-likeness (QED) is 0.822. The van der Waals surface area contributed by atoms with E-state index in [1.165, 1.54) is 6.42 Å². The van der Waals surface area contributed by atoms with Crippen molar-refractivity contribution in [1.82, 2.24) is 5.32 Å². The zero-order valence-electron chi connectivity index (χ0n) is 11.7. The lowest BCUT2D eigenvalue weighted by atomic mass is 10.0. The van der Waals surface area contributed by atoms with Crippen molar-refractivity contribution >= 4 is 23.2 Å². The van der Waals surface area contributed by atoms with Gasteiger partial charge in [0.05, 0.1) is 11.6 Å². The number of ether oxygens (including phenoxy) is 1. The first-order valence-corrected chi connectivity index (χ1v) is 7.69. The van der Waals surface area contributed by atoms with Crippen LogP contribution in [0.15, 0.2) is 12.1 Å². The van der Waals surface area contributed by atoms with Gasteiger partial charge in [0.1, 0.15) is 5.75 Å². The number of nitrogens with one attached hydrogen (secondary N) is 1. The summed E-state index contributed by atoms with van der Waals surface area (Å²) in [6.45, 7) is 7.84. The average molecular weight is 302 g/mol. The highest BCUT2D eigenvalue weighted by molar-refractivity contribution is 6.34. The Morgan fingerprint density at radius 1 is 1.32 bits per heavy atom. The van der Waals surface area contributed by atoms with E-state index < -0.39 is 0 Å². The Morgan fingerprint density at radius 2 is 2.00 bits per heavy atom. The second-order valence-electron chi connectivity index (χ2n) is 5.15. The molecular weight excluding hydrogens is 281 g/mol. The molecule has 4 heteroatoms. The van der Waals surface area contributed by atoms with Gasteiger partial charge in [-0.05, 0) is 43.4 Å². The van der Waals surface area contributed by atoms with E-state index >= 15 is 0 Å². The normalized spacial score (nSPS) is 23.2. The molecule has 3 atom stereocenters. The first kappa shape index (κ1) is 15.0. The van der Waals surface area contributed by atoms with Gasteiger partial charge in [-0.25, -0.2) is 0 Å².